The van der Waals surface area contributed by atoms with Gasteiger partial charge < -0.3 is 10.6 Å². The van der Waals surface area contributed by atoms with Crippen LogP contribution in [0, 0.1) is 0 Å². The molecule has 0 spiro atoms. The Kier molecular flexibility index (Phi) is 7.55. The lowest BCUT2D eigenvalue weighted by Crippen LogP contribution is -2.37. The minimum absolute atomic E-state index is 0.0567. The van der Waals surface area contributed by atoms with E-state index in [0.29, 0.717) is 12.1 Å². The summed E-state index contributed by atoms with van der Waals surface area (Å²) in [5.74, 6) is -0.607. The predicted octanol–water partition coefficient (Wildman–Crippen LogP) is 2.96. The Morgan fingerprint density at radius 1 is 0.769 bits per heavy atom. The average molecular weight is 352 g/mol. The third-order valence-corrected chi connectivity index (χ3v) is 3.91. The molecule has 2 N–H and O–H groups in total. The number of Topliss-reactive ketones (excluding diaryl/α,β-unsaturated/α-hetero) is 1. The second-order valence-electron chi connectivity index (χ2n) is 5.99. The Labute approximate surface area is 153 Å². The normalized spacial score (nSPS) is 10.2. The average Bonchev–Trinajstić information content (AvgIpc) is 2.69. The molecule has 0 fully saturated rings. The van der Waals surface area contributed by atoms with Crippen LogP contribution in [-0.4, -0.2) is 30.7 Å². The van der Waals surface area contributed by atoms with Gasteiger partial charge in [-0.2, -0.15) is 0 Å². The fourth-order valence-corrected chi connectivity index (χ4v) is 2.44. The molecular weight excluding hydrogens is 328 g/mol. The highest BCUT2D eigenvalue weighted by atomic mass is 16.2. The smallest absolute Gasteiger partial charge is 0.239 e. The lowest BCUT2D eigenvalue weighted by molar-refractivity contribution is -0.126. The molecule has 0 atom stereocenters. The molecule has 0 aliphatic carbocycles. The molecule has 0 saturated heterocycles. The first-order chi connectivity index (χ1) is 12.6. The van der Waals surface area contributed by atoms with Gasteiger partial charge in [-0.05, 0) is 17.5 Å². The fourth-order valence-electron chi connectivity index (χ4n) is 2.44. The summed E-state index contributed by atoms with van der Waals surface area (Å²) in [5, 5.41) is 5.20. The van der Waals surface area contributed by atoms with Crippen molar-refractivity contribution < 1.29 is 14.4 Å². The number of hydrogen-bond acceptors (Lipinski definition) is 3. The van der Waals surface area contributed by atoms with Crippen molar-refractivity contribution in [2.24, 2.45) is 0 Å². The van der Waals surface area contributed by atoms with E-state index >= 15 is 0 Å². The second kappa shape index (κ2) is 10.1. The van der Waals surface area contributed by atoms with E-state index in [9.17, 15) is 14.4 Å². The highest BCUT2D eigenvalue weighted by Gasteiger charge is 2.10. The second-order valence-corrected chi connectivity index (χ2v) is 5.99. The summed E-state index contributed by atoms with van der Waals surface area (Å²) in [5.41, 5.74) is 2.71. The van der Waals surface area contributed by atoms with Gasteiger partial charge in [0.05, 0.1) is 6.54 Å². The maximum absolute atomic E-state index is 12.2. The van der Waals surface area contributed by atoms with Gasteiger partial charge in [-0.3, -0.25) is 14.4 Å². The molecule has 0 radical (unpaired) electrons. The van der Waals surface area contributed by atoms with Gasteiger partial charge in [0, 0.05) is 24.9 Å². The Morgan fingerprint density at radius 3 is 2.08 bits per heavy atom. The summed E-state index contributed by atoms with van der Waals surface area (Å²) in [7, 11) is 0. The van der Waals surface area contributed by atoms with Crippen molar-refractivity contribution in [1.29, 1.82) is 0 Å². The highest BCUT2D eigenvalue weighted by molar-refractivity contribution is 5.98. The first kappa shape index (κ1) is 19.4. The van der Waals surface area contributed by atoms with Gasteiger partial charge in [0.1, 0.15) is 0 Å². The molecule has 5 heteroatoms. The van der Waals surface area contributed by atoms with Crippen molar-refractivity contribution >= 4 is 17.6 Å². The van der Waals surface area contributed by atoms with Crippen molar-refractivity contribution in [3.8, 4) is 11.1 Å². The van der Waals surface area contributed by atoms with Crippen LogP contribution in [0.25, 0.3) is 11.1 Å². The molecule has 0 unspecified atom stereocenters. The summed E-state index contributed by atoms with van der Waals surface area (Å²) >= 11 is 0. The first-order valence-corrected chi connectivity index (χ1v) is 8.82. The minimum atomic E-state index is -0.300. The van der Waals surface area contributed by atoms with Crippen LogP contribution >= 0.6 is 0 Å². The molecule has 5 nitrogen and oxygen atoms in total. The monoisotopic (exact) mass is 352 g/mol. The van der Waals surface area contributed by atoms with Crippen molar-refractivity contribution in [1.82, 2.24) is 10.6 Å². The topological polar surface area (TPSA) is 75.3 Å². The highest BCUT2D eigenvalue weighted by Crippen LogP contribution is 2.19. The molecule has 0 aliphatic rings. The van der Waals surface area contributed by atoms with E-state index in [-0.39, 0.29) is 37.0 Å². The van der Waals surface area contributed by atoms with E-state index in [2.05, 4.69) is 10.6 Å². The quantitative estimate of drug-likeness (QED) is 0.681. The van der Waals surface area contributed by atoms with E-state index in [1.54, 1.807) is 12.1 Å². The van der Waals surface area contributed by atoms with Gasteiger partial charge in [-0.1, -0.05) is 61.5 Å². The number of benzene rings is 2. The van der Waals surface area contributed by atoms with Gasteiger partial charge >= 0.3 is 0 Å². The number of ketones is 1. The van der Waals surface area contributed by atoms with E-state index < -0.39 is 0 Å². The van der Waals surface area contributed by atoms with Crippen LogP contribution in [0.4, 0.5) is 0 Å². The van der Waals surface area contributed by atoms with E-state index in [4.69, 9.17) is 0 Å². The van der Waals surface area contributed by atoms with Crippen molar-refractivity contribution in [2.75, 3.05) is 13.1 Å². The van der Waals surface area contributed by atoms with Crippen LogP contribution < -0.4 is 10.6 Å². The fraction of sp³-hybridized carbons (Fsp3) is 0.286. The summed E-state index contributed by atoms with van der Waals surface area (Å²) < 4.78 is 0. The Hall–Kier alpha value is -2.95. The van der Waals surface area contributed by atoms with Crippen molar-refractivity contribution in [3.63, 3.8) is 0 Å². The number of amides is 2. The lowest BCUT2D eigenvalue weighted by Gasteiger charge is -2.06. The molecule has 0 heterocycles. The zero-order valence-corrected chi connectivity index (χ0v) is 15.0. The summed E-state index contributed by atoms with van der Waals surface area (Å²) in [6.07, 6.45) is 1.03. The number of hydrogen-bond donors (Lipinski definition) is 2. The predicted molar refractivity (Wildman–Crippen MR) is 102 cm³/mol. The lowest BCUT2D eigenvalue weighted by atomic mass is 10.0. The Balaban J connectivity index is 1.79. The third kappa shape index (κ3) is 6.16. The summed E-state index contributed by atoms with van der Waals surface area (Å²) in [6, 6.07) is 17.3. The van der Waals surface area contributed by atoms with E-state index in [1.807, 2.05) is 49.4 Å². The first-order valence-electron chi connectivity index (χ1n) is 8.82. The molecule has 0 bridgehead atoms. The summed E-state index contributed by atoms with van der Waals surface area (Å²) in [6.45, 7) is 2.49. The molecule has 2 amide bonds. The number of carbonyl (C=O) groups is 3. The summed E-state index contributed by atoms with van der Waals surface area (Å²) in [4.78, 5) is 35.4. The van der Waals surface area contributed by atoms with Crippen LogP contribution in [0.2, 0.25) is 0 Å². The number of rotatable bonds is 9. The maximum atomic E-state index is 12.2. The van der Waals surface area contributed by atoms with Crippen LogP contribution in [0.5, 0.6) is 0 Å². The standard InChI is InChI=1S/C21H24N2O3/c1-2-14-22-21(26)15-23-20(25)13-12-19(24)18-10-8-17(9-11-18)16-6-4-3-5-7-16/h3-11H,2,12-15H2,1H3,(H,22,26)(H,23,25). The zero-order valence-electron chi connectivity index (χ0n) is 15.0. The molecule has 2 rings (SSSR count). The molecule has 2 aromatic carbocycles. The van der Waals surface area contributed by atoms with Gasteiger partial charge in [-0.15, -0.1) is 0 Å². The maximum Gasteiger partial charge on any atom is 0.239 e. The molecule has 136 valence electrons. The molecule has 2 aromatic rings. The van der Waals surface area contributed by atoms with Crippen LogP contribution in [0.15, 0.2) is 54.6 Å². The van der Waals surface area contributed by atoms with Gasteiger partial charge in [0.15, 0.2) is 5.78 Å². The van der Waals surface area contributed by atoms with Crippen LogP contribution in [0.3, 0.4) is 0 Å². The van der Waals surface area contributed by atoms with Crippen LogP contribution in [-0.2, 0) is 9.59 Å². The van der Waals surface area contributed by atoms with Gasteiger partial charge in [-0.25, -0.2) is 0 Å². The van der Waals surface area contributed by atoms with Crippen molar-refractivity contribution in [3.05, 3.63) is 60.2 Å². The Bertz CT molecular complexity index is 740. The van der Waals surface area contributed by atoms with E-state index in [1.165, 1.54) is 0 Å². The van der Waals surface area contributed by atoms with Crippen molar-refractivity contribution in [2.45, 2.75) is 26.2 Å². The molecule has 26 heavy (non-hydrogen) atoms. The van der Waals surface area contributed by atoms with Gasteiger partial charge in [0.25, 0.3) is 0 Å². The molecule has 0 aromatic heterocycles. The Morgan fingerprint density at radius 2 is 1.42 bits per heavy atom. The molecular formula is C21H24N2O3. The SMILES string of the molecule is CCCNC(=O)CNC(=O)CCC(=O)c1ccc(-c2ccccc2)cc1. The zero-order chi connectivity index (χ0) is 18.8. The van der Waals surface area contributed by atoms with E-state index in [0.717, 1.165) is 17.5 Å². The van der Waals surface area contributed by atoms with Crippen LogP contribution in [0.1, 0.15) is 36.5 Å². The molecule has 0 aliphatic heterocycles. The number of nitrogens with one attached hydrogen (secondary N) is 2. The minimum Gasteiger partial charge on any atom is -0.355 e. The largest absolute Gasteiger partial charge is 0.355 e. The number of carbonyl (C=O) groups excluding carboxylic acids is 3. The van der Waals surface area contributed by atoms with Gasteiger partial charge in [0.2, 0.25) is 11.8 Å². The third-order valence-electron chi connectivity index (χ3n) is 3.91. The molecule has 0 saturated carbocycles.